The van der Waals surface area contributed by atoms with Crippen LogP contribution in [0.1, 0.15) is 35.6 Å². The van der Waals surface area contributed by atoms with Crippen molar-refractivity contribution in [1.29, 1.82) is 0 Å². The highest BCUT2D eigenvalue weighted by molar-refractivity contribution is 5.94. The molecule has 2 aromatic rings. The number of carbonyl (C=O) groups is 1. The van der Waals surface area contributed by atoms with Gasteiger partial charge in [-0.3, -0.25) is 14.9 Å². The van der Waals surface area contributed by atoms with E-state index in [1.807, 2.05) is 0 Å². The highest BCUT2D eigenvalue weighted by atomic mass is 16.6. The molecule has 22 heavy (non-hydrogen) atoms. The summed E-state index contributed by atoms with van der Waals surface area (Å²) in [5.41, 5.74) is 0.0597. The molecule has 116 valence electrons. The molecule has 0 aliphatic carbocycles. The molecule has 7 nitrogen and oxygen atoms in total. The van der Waals surface area contributed by atoms with Crippen molar-refractivity contribution >= 4 is 11.6 Å². The van der Waals surface area contributed by atoms with E-state index in [0.717, 1.165) is 0 Å². The molecule has 0 radical (unpaired) electrons. The molecule has 0 bridgehead atoms. The van der Waals surface area contributed by atoms with Gasteiger partial charge in [0, 0.05) is 30.2 Å². The number of furan rings is 1. The zero-order valence-corrected chi connectivity index (χ0v) is 11.9. The van der Waals surface area contributed by atoms with Crippen molar-refractivity contribution in [3.63, 3.8) is 0 Å². The van der Waals surface area contributed by atoms with E-state index in [1.54, 1.807) is 19.1 Å². The largest absolute Gasteiger partial charge is 0.467 e. The molecule has 0 saturated heterocycles. The van der Waals surface area contributed by atoms with Gasteiger partial charge in [-0.05, 0) is 25.1 Å². The van der Waals surface area contributed by atoms with Gasteiger partial charge in [-0.25, -0.2) is 0 Å². The Morgan fingerprint density at radius 3 is 2.82 bits per heavy atom. The Bertz CT molecular complexity index is 654. The predicted octanol–water partition coefficient (Wildman–Crippen LogP) is 2.43. The number of aliphatic hydroxyl groups is 1. The summed E-state index contributed by atoms with van der Waals surface area (Å²) in [6.07, 6.45) is 0.912. The molecular formula is C15H16N2O5. The molecule has 2 unspecified atom stereocenters. The van der Waals surface area contributed by atoms with E-state index in [4.69, 9.17) is 4.42 Å². The molecule has 0 fully saturated rings. The van der Waals surface area contributed by atoms with Gasteiger partial charge < -0.3 is 14.8 Å². The van der Waals surface area contributed by atoms with Crippen LogP contribution in [0.25, 0.3) is 0 Å². The number of rotatable bonds is 6. The summed E-state index contributed by atoms with van der Waals surface area (Å²) in [7, 11) is 0. The Morgan fingerprint density at radius 2 is 2.18 bits per heavy atom. The van der Waals surface area contributed by atoms with Gasteiger partial charge >= 0.3 is 0 Å². The first-order chi connectivity index (χ1) is 10.5. The summed E-state index contributed by atoms with van der Waals surface area (Å²) in [5.74, 6) is -0.000655. The number of non-ortho nitro benzene ring substituents is 1. The maximum Gasteiger partial charge on any atom is 0.270 e. The van der Waals surface area contributed by atoms with Crippen molar-refractivity contribution in [3.05, 3.63) is 64.1 Å². The number of nitro benzene ring substituents is 1. The first-order valence-corrected chi connectivity index (χ1v) is 6.74. The first kappa shape index (κ1) is 15.7. The summed E-state index contributed by atoms with van der Waals surface area (Å²) >= 11 is 0. The molecule has 0 saturated carbocycles. The van der Waals surface area contributed by atoms with E-state index in [2.05, 4.69) is 5.32 Å². The Hall–Kier alpha value is -2.67. The van der Waals surface area contributed by atoms with Crippen LogP contribution < -0.4 is 5.32 Å². The third-order valence-corrected chi connectivity index (χ3v) is 3.15. The molecule has 1 aromatic carbocycles. The maximum atomic E-state index is 12.1. The SMILES string of the molecule is CC(CC(O)c1ccco1)NC(=O)c1cccc([N+](=O)[O-])c1. The van der Waals surface area contributed by atoms with Gasteiger partial charge in [0.25, 0.3) is 11.6 Å². The lowest BCUT2D eigenvalue weighted by atomic mass is 10.1. The van der Waals surface area contributed by atoms with Gasteiger partial charge in [-0.15, -0.1) is 0 Å². The van der Waals surface area contributed by atoms with Crippen molar-refractivity contribution in [1.82, 2.24) is 5.32 Å². The van der Waals surface area contributed by atoms with Crippen molar-refractivity contribution < 1.29 is 19.2 Å². The number of benzene rings is 1. The molecule has 2 rings (SSSR count). The minimum atomic E-state index is -0.824. The Morgan fingerprint density at radius 1 is 1.41 bits per heavy atom. The van der Waals surface area contributed by atoms with E-state index in [0.29, 0.717) is 5.76 Å². The van der Waals surface area contributed by atoms with E-state index < -0.39 is 16.9 Å². The number of amides is 1. The van der Waals surface area contributed by atoms with Crippen LogP contribution in [0.15, 0.2) is 47.1 Å². The van der Waals surface area contributed by atoms with E-state index in [-0.39, 0.29) is 23.7 Å². The van der Waals surface area contributed by atoms with Gasteiger partial charge in [0.15, 0.2) is 0 Å². The van der Waals surface area contributed by atoms with Gasteiger partial charge in [0.2, 0.25) is 0 Å². The second kappa shape index (κ2) is 6.86. The number of hydrogen-bond acceptors (Lipinski definition) is 5. The van der Waals surface area contributed by atoms with Crippen LogP contribution >= 0.6 is 0 Å². The highest BCUT2D eigenvalue weighted by Gasteiger charge is 2.18. The molecule has 7 heteroatoms. The molecule has 1 heterocycles. The Kier molecular flexibility index (Phi) is 4.90. The topological polar surface area (TPSA) is 106 Å². The Balaban J connectivity index is 1.96. The minimum absolute atomic E-state index is 0.143. The van der Waals surface area contributed by atoms with Gasteiger partial charge in [0.05, 0.1) is 11.2 Å². The van der Waals surface area contributed by atoms with Crippen LogP contribution in [-0.4, -0.2) is 22.0 Å². The quantitative estimate of drug-likeness (QED) is 0.629. The molecule has 0 aliphatic rings. The van der Waals surface area contributed by atoms with Crippen LogP contribution in [0.3, 0.4) is 0 Å². The van der Waals surface area contributed by atoms with Crippen LogP contribution in [0.4, 0.5) is 5.69 Å². The fourth-order valence-electron chi connectivity index (χ4n) is 2.06. The van der Waals surface area contributed by atoms with Crippen molar-refractivity contribution in [2.24, 2.45) is 0 Å². The number of nitrogens with zero attached hydrogens (tertiary/aromatic N) is 1. The standard InChI is InChI=1S/C15H16N2O5/c1-10(8-13(18)14-6-3-7-22-14)16-15(19)11-4-2-5-12(9-11)17(20)21/h2-7,9-10,13,18H,8H2,1H3,(H,16,19). The number of nitrogens with one attached hydrogen (secondary N) is 1. The summed E-state index contributed by atoms with van der Waals surface area (Å²) in [5, 5.41) is 23.3. The number of aliphatic hydroxyl groups excluding tert-OH is 1. The fourth-order valence-corrected chi connectivity index (χ4v) is 2.06. The summed E-state index contributed by atoms with van der Waals surface area (Å²) in [4.78, 5) is 22.2. The minimum Gasteiger partial charge on any atom is -0.467 e. The third-order valence-electron chi connectivity index (χ3n) is 3.15. The smallest absolute Gasteiger partial charge is 0.270 e. The predicted molar refractivity (Wildman–Crippen MR) is 78.3 cm³/mol. The molecular weight excluding hydrogens is 288 g/mol. The lowest BCUT2D eigenvalue weighted by Crippen LogP contribution is -2.33. The summed E-state index contributed by atoms with van der Waals surface area (Å²) in [6, 6.07) is 8.48. The zero-order valence-electron chi connectivity index (χ0n) is 11.9. The fraction of sp³-hybridized carbons (Fsp3) is 0.267. The van der Waals surface area contributed by atoms with Crippen LogP contribution in [-0.2, 0) is 0 Å². The second-order valence-electron chi connectivity index (χ2n) is 4.95. The van der Waals surface area contributed by atoms with Crippen molar-refractivity contribution in [2.45, 2.75) is 25.5 Å². The number of carbonyl (C=O) groups excluding carboxylic acids is 1. The molecule has 0 spiro atoms. The lowest BCUT2D eigenvalue weighted by Gasteiger charge is -2.16. The molecule has 0 aliphatic heterocycles. The Labute approximate surface area is 126 Å². The normalized spacial score (nSPS) is 13.4. The highest BCUT2D eigenvalue weighted by Crippen LogP contribution is 2.19. The molecule has 2 N–H and O–H groups in total. The monoisotopic (exact) mass is 304 g/mol. The summed E-state index contributed by atoms with van der Waals surface area (Å²) in [6.45, 7) is 1.74. The van der Waals surface area contributed by atoms with E-state index in [1.165, 1.54) is 30.5 Å². The molecule has 1 amide bonds. The van der Waals surface area contributed by atoms with E-state index >= 15 is 0 Å². The summed E-state index contributed by atoms with van der Waals surface area (Å²) < 4.78 is 5.09. The number of nitro groups is 1. The average molecular weight is 304 g/mol. The average Bonchev–Trinajstić information content (AvgIpc) is 3.01. The zero-order chi connectivity index (χ0) is 16.1. The van der Waals surface area contributed by atoms with Crippen molar-refractivity contribution in [3.8, 4) is 0 Å². The van der Waals surface area contributed by atoms with Crippen molar-refractivity contribution in [2.75, 3.05) is 0 Å². The third kappa shape index (κ3) is 3.92. The number of hydrogen-bond donors (Lipinski definition) is 2. The van der Waals surface area contributed by atoms with Crippen LogP contribution in [0.5, 0.6) is 0 Å². The lowest BCUT2D eigenvalue weighted by molar-refractivity contribution is -0.384. The van der Waals surface area contributed by atoms with Crippen LogP contribution in [0, 0.1) is 10.1 Å². The van der Waals surface area contributed by atoms with Gasteiger partial charge in [-0.1, -0.05) is 6.07 Å². The van der Waals surface area contributed by atoms with Gasteiger partial charge in [-0.2, -0.15) is 0 Å². The van der Waals surface area contributed by atoms with Crippen LogP contribution in [0.2, 0.25) is 0 Å². The van der Waals surface area contributed by atoms with Gasteiger partial charge in [0.1, 0.15) is 11.9 Å². The first-order valence-electron chi connectivity index (χ1n) is 6.74. The molecule has 2 atom stereocenters. The molecule has 1 aromatic heterocycles. The second-order valence-corrected chi connectivity index (χ2v) is 4.95. The van der Waals surface area contributed by atoms with E-state index in [9.17, 15) is 20.0 Å². The maximum absolute atomic E-state index is 12.1.